The van der Waals surface area contributed by atoms with Crippen LogP contribution in [0, 0.1) is 0 Å². The van der Waals surface area contributed by atoms with E-state index in [4.69, 9.17) is 9.47 Å². The van der Waals surface area contributed by atoms with E-state index < -0.39 is 11.8 Å². The van der Waals surface area contributed by atoms with Gasteiger partial charge >= 0.3 is 0 Å². The van der Waals surface area contributed by atoms with Gasteiger partial charge < -0.3 is 14.0 Å². The van der Waals surface area contributed by atoms with Crippen molar-refractivity contribution in [2.45, 2.75) is 0 Å². The first-order valence-electron chi connectivity index (χ1n) is 7.94. The summed E-state index contributed by atoms with van der Waals surface area (Å²) < 4.78 is 12.4. The van der Waals surface area contributed by atoms with Crippen LogP contribution in [0.1, 0.15) is 20.7 Å². The van der Waals surface area contributed by atoms with Gasteiger partial charge in [0.05, 0.1) is 0 Å². The molecule has 2 heterocycles. The second-order valence-electron chi connectivity index (χ2n) is 5.61. The van der Waals surface area contributed by atoms with Crippen molar-refractivity contribution in [3.05, 3.63) is 78.1 Å². The summed E-state index contributed by atoms with van der Waals surface area (Å²) in [5.41, 5.74) is 6.53. The number of hydrazine groups is 1. The third-order valence-corrected chi connectivity index (χ3v) is 3.96. The lowest BCUT2D eigenvalue weighted by atomic mass is 10.2. The van der Waals surface area contributed by atoms with Gasteiger partial charge in [-0.25, -0.2) is 0 Å². The second kappa shape index (κ2) is 6.64. The van der Waals surface area contributed by atoms with Crippen molar-refractivity contribution in [3.8, 4) is 17.2 Å². The Labute approximate surface area is 149 Å². The van der Waals surface area contributed by atoms with Crippen LogP contribution in [-0.2, 0) is 0 Å². The largest absolute Gasteiger partial charge is 0.454 e. The molecule has 7 heteroatoms. The molecule has 0 spiro atoms. The zero-order valence-corrected chi connectivity index (χ0v) is 13.6. The number of aromatic nitrogens is 1. The van der Waals surface area contributed by atoms with E-state index in [1.54, 1.807) is 30.3 Å². The Morgan fingerprint density at radius 2 is 1.42 bits per heavy atom. The van der Waals surface area contributed by atoms with Gasteiger partial charge in [0.15, 0.2) is 11.5 Å². The van der Waals surface area contributed by atoms with Crippen LogP contribution >= 0.6 is 0 Å². The molecule has 7 nitrogen and oxygen atoms in total. The van der Waals surface area contributed by atoms with Gasteiger partial charge in [-0.3, -0.25) is 20.4 Å². The van der Waals surface area contributed by atoms with Crippen molar-refractivity contribution in [1.82, 2.24) is 15.4 Å². The van der Waals surface area contributed by atoms with Gasteiger partial charge in [-0.2, -0.15) is 0 Å². The molecule has 0 saturated carbocycles. The topological polar surface area (TPSA) is 81.6 Å². The first-order chi connectivity index (χ1) is 12.7. The van der Waals surface area contributed by atoms with Crippen molar-refractivity contribution in [1.29, 1.82) is 0 Å². The molecule has 26 heavy (non-hydrogen) atoms. The molecule has 1 aromatic heterocycles. The highest BCUT2D eigenvalue weighted by molar-refractivity contribution is 5.99. The number of hydrogen-bond acceptors (Lipinski definition) is 4. The Hall–Kier alpha value is -3.74. The molecule has 2 amide bonds. The third-order valence-electron chi connectivity index (χ3n) is 3.96. The lowest BCUT2D eigenvalue weighted by Crippen LogP contribution is -2.41. The lowest BCUT2D eigenvalue weighted by molar-refractivity contribution is 0.0846. The number of carbonyl (C=O) groups is 2. The van der Waals surface area contributed by atoms with E-state index in [-0.39, 0.29) is 6.79 Å². The first kappa shape index (κ1) is 15.8. The lowest BCUT2D eigenvalue weighted by Gasteiger charge is -2.09. The van der Waals surface area contributed by atoms with Gasteiger partial charge in [0.1, 0.15) is 0 Å². The summed E-state index contributed by atoms with van der Waals surface area (Å²) in [6.07, 6.45) is 3.83. The summed E-state index contributed by atoms with van der Waals surface area (Å²) in [7, 11) is 0. The minimum absolute atomic E-state index is 0.135. The van der Waals surface area contributed by atoms with Crippen molar-refractivity contribution in [2.75, 3.05) is 6.79 Å². The maximum absolute atomic E-state index is 12.2. The van der Waals surface area contributed by atoms with E-state index in [2.05, 4.69) is 10.9 Å². The maximum Gasteiger partial charge on any atom is 0.269 e. The molecule has 4 rings (SSSR count). The molecule has 0 saturated heterocycles. The quantitative estimate of drug-likeness (QED) is 0.711. The molecular formula is C19H15N3O4. The van der Waals surface area contributed by atoms with Gasteiger partial charge in [-0.1, -0.05) is 0 Å². The number of ether oxygens (including phenoxy) is 2. The molecule has 2 N–H and O–H groups in total. The maximum atomic E-state index is 12.2. The van der Waals surface area contributed by atoms with Gasteiger partial charge in [0.2, 0.25) is 6.79 Å². The molecule has 0 atom stereocenters. The summed E-state index contributed by atoms with van der Waals surface area (Å²) in [5, 5.41) is 0. The number of nitrogens with one attached hydrogen (secondary N) is 2. The number of carbonyl (C=O) groups excluding carboxylic acids is 2. The highest BCUT2D eigenvalue weighted by atomic mass is 16.7. The van der Waals surface area contributed by atoms with Gasteiger partial charge in [0.25, 0.3) is 11.8 Å². The summed E-state index contributed by atoms with van der Waals surface area (Å²) in [6, 6.07) is 15.7. The first-order valence-corrected chi connectivity index (χ1v) is 7.94. The predicted octanol–water partition coefficient (Wildman–Crippen LogP) is 2.28. The summed E-state index contributed by atoms with van der Waals surface area (Å²) in [4.78, 5) is 24.4. The fraction of sp³-hybridized carbons (Fsp3) is 0.0526. The fourth-order valence-electron chi connectivity index (χ4n) is 2.59. The number of benzene rings is 2. The van der Waals surface area contributed by atoms with E-state index in [1.807, 2.05) is 41.2 Å². The van der Waals surface area contributed by atoms with Crippen LogP contribution in [0.25, 0.3) is 5.69 Å². The minimum atomic E-state index is -0.444. The Kier molecular flexibility index (Phi) is 4.03. The number of nitrogens with zero attached hydrogens (tertiary/aromatic N) is 1. The van der Waals surface area contributed by atoms with Gasteiger partial charge in [0, 0.05) is 29.2 Å². The number of rotatable bonds is 3. The smallest absolute Gasteiger partial charge is 0.269 e. The Morgan fingerprint density at radius 1 is 0.808 bits per heavy atom. The molecule has 1 aliphatic heterocycles. The van der Waals surface area contributed by atoms with Crippen molar-refractivity contribution in [3.63, 3.8) is 0 Å². The predicted molar refractivity (Wildman–Crippen MR) is 93.3 cm³/mol. The molecule has 1 aliphatic rings. The van der Waals surface area contributed by atoms with Crippen LogP contribution in [0.4, 0.5) is 0 Å². The number of hydrogen-bond donors (Lipinski definition) is 2. The van der Waals surface area contributed by atoms with E-state index in [9.17, 15) is 9.59 Å². The molecule has 0 radical (unpaired) electrons. The van der Waals surface area contributed by atoms with E-state index >= 15 is 0 Å². The highest BCUT2D eigenvalue weighted by Gasteiger charge is 2.16. The van der Waals surface area contributed by atoms with Crippen LogP contribution in [0.2, 0.25) is 0 Å². The molecule has 0 aliphatic carbocycles. The molecule has 130 valence electrons. The van der Waals surface area contributed by atoms with Crippen LogP contribution in [0.15, 0.2) is 67.0 Å². The van der Waals surface area contributed by atoms with Gasteiger partial charge in [-0.05, 0) is 54.6 Å². The van der Waals surface area contributed by atoms with Crippen LogP contribution < -0.4 is 20.3 Å². The van der Waals surface area contributed by atoms with Crippen molar-refractivity contribution in [2.24, 2.45) is 0 Å². The highest BCUT2D eigenvalue weighted by Crippen LogP contribution is 2.32. The summed E-state index contributed by atoms with van der Waals surface area (Å²) in [6.45, 7) is 0.135. The summed E-state index contributed by atoms with van der Waals surface area (Å²) >= 11 is 0. The van der Waals surface area contributed by atoms with Crippen LogP contribution in [-0.4, -0.2) is 23.2 Å². The zero-order valence-electron chi connectivity index (χ0n) is 13.6. The monoisotopic (exact) mass is 349 g/mol. The molecular weight excluding hydrogens is 334 g/mol. The van der Waals surface area contributed by atoms with E-state index in [0.717, 1.165) is 5.69 Å². The molecule has 3 aromatic rings. The van der Waals surface area contributed by atoms with Gasteiger partial charge in [-0.15, -0.1) is 0 Å². The Morgan fingerprint density at radius 3 is 2.15 bits per heavy atom. The molecule has 2 aromatic carbocycles. The standard InChI is InChI=1S/C19H15N3O4/c23-18(13-3-6-15(7-4-13)22-9-1-2-10-22)20-21-19(24)14-5-8-16-17(11-14)26-12-25-16/h1-11H,12H2,(H,20,23)(H,21,24). The Balaban J connectivity index is 1.38. The van der Waals surface area contributed by atoms with E-state index in [1.165, 1.54) is 0 Å². The van der Waals surface area contributed by atoms with Crippen LogP contribution in [0.3, 0.4) is 0 Å². The third kappa shape index (κ3) is 3.10. The summed E-state index contributed by atoms with van der Waals surface area (Å²) in [5.74, 6) is 0.247. The minimum Gasteiger partial charge on any atom is -0.454 e. The Bertz CT molecular complexity index is 949. The SMILES string of the molecule is O=C(NNC(=O)c1ccc2c(c1)OCO2)c1ccc(-n2cccc2)cc1. The number of amides is 2. The number of fused-ring (bicyclic) bond motifs is 1. The zero-order chi connectivity index (χ0) is 17.9. The second-order valence-corrected chi connectivity index (χ2v) is 5.61. The van der Waals surface area contributed by atoms with Crippen LogP contribution in [0.5, 0.6) is 11.5 Å². The molecule has 0 bridgehead atoms. The average molecular weight is 349 g/mol. The molecule has 0 fully saturated rings. The normalized spacial score (nSPS) is 11.8. The van der Waals surface area contributed by atoms with Crippen molar-refractivity contribution < 1.29 is 19.1 Å². The molecule has 0 unspecified atom stereocenters. The van der Waals surface area contributed by atoms with E-state index in [0.29, 0.717) is 22.6 Å². The fourth-order valence-corrected chi connectivity index (χ4v) is 2.59. The van der Waals surface area contributed by atoms with Crippen molar-refractivity contribution >= 4 is 11.8 Å². The average Bonchev–Trinajstić information content (AvgIpc) is 3.37.